The Bertz CT molecular complexity index is 916. The highest BCUT2D eigenvalue weighted by atomic mass is 35.5. The van der Waals surface area contributed by atoms with Crippen molar-refractivity contribution >= 4 is 23.4 Å². The van der Waals surface area contributed by atoms with Gasteiger partial charge < -0.3 is 15.0 Å². The summed E-state index contributed by atoms with van der Waals surface area (Å²) in [7, 11) is 0. The highest BCUT2D eigenvalue weighted by molar-refractivity contribution is 6.30. The van der Waals surface area contributed by atoms with Gasteiger partial charge in [-0.25, -0.2) is 4.39 Å². The van der Waals surface area contributed by atoms with Crippen LogP contribution >= 0.6 is 11.6 Å². The number of halogens is 2. The maximum absolute atomic E-state index is 14.3. The first kappa shape index (κ1) is 25.0. The Labute approximate surface area is 200 Å². The summed E-state index contributed by atoms with van der Waals surface area (Å²) in [6.07, 6.45) is 5.99. The van der Waals surface area contributed by atoms with Gasteiger partial charge in [0.2, 0.25) is 11.8 Å². The highest BCUT2D eigenvalue weighted by Gasteiger charge is 2.28. The second-order valence-electron chi connectivity index (χ2n) is 8.54. The van der Waals surface area contributed by atoms with Gasteiger partial charge in [-0.05, 0) is 56.5 Å². The van der Waals surface area contributed by atoms with Gasteiger partial charge in [-0.1, -0.05) is 49.1 Å². The van der Waals surface area contributed by atoms with Crippen molar-refractivity contribution in [3.05, 3.63) is 64.9 Å². The van der Waals surface area contributed by atoms with Crippen LogP contribution in [0.4, 0.5) is 4.39 Å². The van der Waals surface area contributed by atoms with Gasteiger partial charge in [-0.2, -0.15) is 0 Å². The first-order valence-electron chi connectivity index (χ1n) is 11.7. The van der Waals surface area contributed by atoms with E-state index in [2.05, 4.69) is 5.32 Å². The molecule has 2 aromatic rings. The van der Waals surface area contributed by atoms with Gasteiger partial charge >= 0.3 is 0 Å². The van der Waals surface area contributed by atoms with Crippen LogP contribution in [0.15, 0.2) is 48.5 Å². The molecule has 0 unspecified atom stereocenters. The molecule has 7 heteroatoms. The minimum Gasteiger partial charge on any atom is -0.494 e. The lowest BCUT2D eigenvalue weighted by molar-refractivity contribution is -0.141. The van der Waals surface area contributed by atoms with Crippen LogP contribution in [0.25, 0.3) is 0 Å². The molecule has 3 rings (SSSR count). The Morgan fingerprint density at radius 1 is 1.12 bits per heavy atom. The average Bonchev–Trinajstić information content (AvgIpc) is 2.82. The molecular weight excluding hydrogens is 443 g/mol. The SMILES string of the molecule is C[C@H](C(=O)NC1CCCCC1)N(Cc1ccccc1F)C(=O)CCCOc1ccc(Cl)cc1. The molecule has 2 aromatic carbocycles. The Hall–Kier alpha value is -2.60. The third-order valence-corrected chi connectivity index (χ3v) is 6.29. The molecule has 1 fully saturated rings. The zero-order chi connectivity index (χ0) is 23.6. The first-order valence-corrected chi connectivity index (χ1v) is 12.0. The van der Waals surface area contributed by atoms with Gasteiger partial charge in [-0.3, -0.25) is 9.59 Å². The van der Waals surface area contributed by atoms with Crippen LogP contribution in [-0.4, -0.2) is 35.4 Å². The molecule has 0 radical (unpaired) electrons. The molecular formula is C26H32ClFN2O3. The van der Waals surface area contributed by atoms with E-state index in [9.17, 15) is 14.0 Å². The Morgan fingerprint density at radius 3 is 2.52 bits per heavy atom. The fourth-order valence-electron chi connectivity index (χ4n) is 4.05. The predicted octanol–water partition coefficient (Wildman–Crippen LogP) is 5.50. The third-order valence-electron chi connectivity index (χ3n) is 6.03. The van der Waals surface area contributed by atoms with Crippen LogP contribution in [0.1, 0.15) is 57.4 Å². The van der Waals surface area contributed by atoms with E-state index in [0.717, 1.165) is 25.7 Å². The van der Waals surface area contributed by atoms with E-state index in [-0.39, 0.29) is 36.6 Å². The average molecular weight is 475 g/mol. The molecule has 178 valence electrons. The van der Waals surface area contributed by atoms with Crippen molar-refractivity contribution in [3.63, 3.8) is 0 Å². The van der Waals surface area contributed by atoms with E-state index in [0.29, 0.717) is 29.4 Å². The summed E-state index contributed by atoms with van der Waals surface area (Å²) in [5.74, 6) is -0.107. The molecule has 0 heterocycles. The molecule has 5 nitrogen and oxygen atoms in total. The second-order valence-corrected chi connectivity index (χ2v) is 8.97. The number of carbonyl (C=O) groups excluding carboxylic acids is 2. The number of carbonyl (C=O) groups is 2. The normalized spacial score (nSPS) is 15.0. The molecule has 1 atom stereocenters. The Morgan fingerprint density at radius 2 is 1.82 bits per heavy atom. The van der Waals surface area contributed by atoms with Gasteiger partial charge in [-0.15, -0.1) is 0 Å². The molecule has 2 amide bonds. The van der Waals surface area contributed by atoms with Crippen molar-refractivity contribution in [3.8, 4) is 5.75 Å². The summed E-state index contributed by atoms with van der Waals surface area (Å²) in [4.78, 5) is 27.5. The highest BCUT2D eigenvalue weighted by Crippen LogP contribution is 2.20. The lowest BCUT2D eigenvalue weighted by Crippen LogP contribution is -2.50. The molecule has 0 bridgehead atoms. The number of hydrogen-bond donors (Lipinski definition) is 1. The van der Waals surface area contributed by atoms with E-state index in [1.165, 1.54) is 17.4 Å². The van der Waals surface area contributed by atoms with Crippen LogP contribution in [0.3, 0.4) is 0 Å². The lowest BCUT2D eigenvalue weighted by atomic mass is 9.95. The van der Waals surface area contributed by atoms with Crippen molar-refractivity contribution in [1.29, 1.82) is 0 Å². The zero-order valence-corrected chi connectivity index (χ0v) is 19.8. The quantitative estimate of drug-likeness (QED) is 0.462. The van der Waals surface area contributed by atoms with Gasteiger partial charge in [0.1, 0.15) is 17.6 Å². The van der Waals surface area contributed by atoms with Crippen molar-refractivity contribution < 1.29 is 18.7 Å². The fraction of sp³-hybridized carbons (Fsp3) is 0.462. The second kappa shape index (κ2) is 12.6. The fourth-order valence-corrected chi connectivity index (χ4v) is 4.18. The summed E-state index contributed by atoms with van der Waals surface area (Å²) in [5, 5.41) is 3.71. The minimum absolute atomic E-state index is 0.0444. The van der Waals surface area contributed by atoms with Crippen molar-refractivity contribution in [2.24, 2.45) is 0 Å². The van der Waals surface area contributed by atoms with Crippen LogP contribution < -0.4 is 10.1 Å². The van der Waals surface area contributed by atoms with Gasteiger partial charge in [0, 0.05) is 29.6 Å². The van der Waals surface area contributed by atoms with Crippen LogP contribution in [0.5, 0.6) is 5.75 Å². The van der Waals surface area contributed by atoms with Crippen LogP contribution in [0, 0.1) is 5.82 Å². The Balaban J connectivity index is 1.60. The van der Waals surface area contributed by atoms with E-state index >= 15 is 0 Å². The number of amides is 2. The molecule has 1 N–H and O–H groups in total. The lowest BCUT2D eigenvalue weighted by Gasteiger charge is -2.31. The number of nitrogens with zero attached hydrogens (tertiary/aromatic N) is 1. The van der Waals surface area contributed by atoms with E-state index < -0.39 is 6.04 Å². The molecule has 1 aliphatic rings. The topological polar surface area (TPSA) is 58.6 Å². The van der Waals surface area contributed by atoms with Crippen molar-refractivity contribution in [2.75, 3.05) is 6.61 Å². The molecule has 1 saturated carbocycles. The van der Waals surface area contributed by atoms with Gasteiger partial charge in [0.25, 0.3) is 0 Å². The molecule has 1 aliphatic carbocycles. The molecule has 0 aliphatic heterocycles. The largest absolute Gasteiger partial charge is 0.494 e. The smallest absolute Gasteiger partial charge is 0.242 e. The number of benzene rings is 2. The molecule has 0 aromatic heterocycles. The Kier molecular flexibility index (Phi) is 9.55. The summed E-state index contributed by atoms with van der Waals surface area (Å²) in [6, 6.07) is 12.8. The van der Waals surface area contributed by atoms with E-state index in [1.54, 1.807) is 49.4 Å². The van der Waals surface area contributed by atoms with Gasteiger partial charge in [0.05, 0.1) is 6.61 Å². The van der Waals surface area contributed by atoms with Crippen molar-refractivity contribution in [2.45, 2.75) is 70.5 Å². The van der Waals surface area contributed by atoms with E-state index in [4.69, 9.17) is 16.3 Å². The molecule has 0 spiro atoms. The maximum atomic E-state index is 14.3. The van der Waals surface area contributed by atoms with Crippen LogP contribution in [0.2, 0.25) is 5.02 Å². The molecule has 0 saturated heterocycles. The number of ether oxygens (including phenoxy) is 1. The maximum Gasteiger partial charge on any atom is 0.242 e. The summed E-state index contributed by atoms with van der Waals surface area (Å²) >= 11 is 5.88. The zero-order valence-electron chi connectivity index (χ0n) is 19.1. The third kappa shape index (κ3) is 7.74. The molecule has 33 heavy (non-hydrogen) atoms. The number of rotatable bonds is 10. The first-order chi connectivity index (χ1) is 15.9. The minimum atomic E-state index is -0.698. The van der Waals surface area contributed by atoms with E-state index in [1.807, 2.05) is 0 Å². The van der Waals surface area contributed by atoms with Crippen LogP contribution in [-0.2, 0) is 16.1 Å². The predicted molar refractivity (Wildman–Crippen MR) is 128 cm³/mol. The summed E-state index contributed by atoms with van der Waals surface area (Å²) in [6.45, 7) is 2.10. The van der Waals surface area contributed by atoms with Crippen molar-refractivity contribution in [1.82, 2.24) is 10.2 Å². The number of hydrogen-bond acceptors (Lipinski definition) is 3. The summed E-state index contributed by atoms with van der Waals surface area (Å²) in [5.41, 5.74) is 0.389. The monoisotopic (exact) mass is 474 g/mol. The number of nitrogens with one attached hydrogen (secondary N) is 1. The summed E-state index contributed by atoms with van der Waals surface area (Å²) < 4.78 is 20.0. The standard InChI is InChI=1S/C26H32ClFN2O3/c1-19(26(32)29-22-9-3-2-4-10-22)30(18-20-8-5-6-11-24(20)28)25(31)12-7-17-33-23-15-13-21(27)14-16-23/h5-6,8,11,13-16,19,22H,2-4,7,9-10,12,17-18H2,1H3,(H,29,32)/t19-/m1/s1. The van der Waals surface area contributed by atoms with Gasteiger partial charge in [0.15, 0.2) is 0 Å².